The predicted molar refractivity (Wildman–Crippen MR) is 210 cm³/mol. The lowest BCUT2D eigenvalue weighted by Crippen LogP contribution is -2.49. The topological polar surface area (TPSA) is 125 Å². The maximum Gasteiger partial charge on any atom is 0.344 e. The van der Waals surface area contributed by atoms with Gasteiger partial charge in [0.25, 0.3) is 0 Å². The van der Waals surface area contributed by atoms with Crippen molar-refractivity contribution in [3.05, 3.63) is 17.2 Å². The van der Waals surface area contributed by atoms with Crippen LogP contribution in [0.5, 0.6) is 17.2 Å². The van der Waals surface area contributed by atoms with Gasteiger partial charge in [0.15, 0.2) is 17.3 Å². The molecule has 0 amide bonds. The summed E-state index contributed by atoms with van der Waals surface area (Å²) in [5, 5.41) is 11.0. The molecule has 0 bridgehead atoms. The van der Waals surface area contributed by atoms with Crippen molar-refractivity contribution in [2.24, 2.45) is 0 Å². The largest absolute Gasteiger partial charge is 0.502 e. The standard InChI is InChI=1S/C44H72O9/c1-5-7-9-11-13-15-17-19-21-23-25-27-29-31-36(45)41-35(33-37(50-3)42(49)43(41)51-4)44(52-39(47)34-40(48)53-44)38(46)32-30-28-26-24-22-20-18-16-14-12-10-8-6-2/h33,49H,5-32,34H2,1-4H3. The molecule has 53 heavy (non-hydrogen) atoms. The van der Waals surface area contributed by atoms with E-state index >= 15 is 0 Å². The highest BCUT2D eigenvalue weighted by atomic mass is 16.7. The fraction of sp³-hybridized carbons (Fsp3) is 0.773. The van der Waals surface area contributed by atoms with Crippen LogP contribution in [0.3, 0.4) is 0 Å². The SMILES string of the molecule is CCCCCCCCCCCCCCCC(=O)c1c(C2(C(=O)CCCCCCCCCCCCCCC)OC(=O)CC(=O)O2)cc(OC)c(O)c1OC. The van der Waals surface area contributed by atoms with Crippen LogP contribution < -0.4 is 9.47 Å². The Kier molecular flexibility index (Phi) is 23.9. The maximum absolute atomic E-state index is 14.0. The number of phenolic OH excluding ortho intramolecular Hbond substituents is 1. The zero-order valence-corrected chi connectivity index (χ0v) is 33.8. The number of phenols is 1. The molecular weight excluding hydrogens is 672 g/mol. The monoisotopic (exact) mass is 745 g/mol. The first-order chi connectivity index (χ1) is 25.7. The van der Waals surface area contributed by atoms with Gasteiger partial charge in [0.05, 0.1) is 25.3 Å². The third-order valence-corrected chi connectivity index (χ3v) is 10.5. The van der Waals surface area contributed by atoms with Crippen molar-refractivity contribution in [3.8, 4) is 17.2 Å². The molecule has 9 heteroatoms. The second-order valence-corrected chi connectivity index (χ2v) is 15.0. The first kappa shape index (κ1) is 46.1. The molecule has 302 valence electrons. The lowest BCUT2D eigenvalue weighted by atomic mass is 9.88. The molecular formula is C44H72O9. The molecule has 0 atom stereocenters. The minimum Gasteiger partial charge on any atom is -0.502 e. The first-order valence-electron chi connectivity index (χ1n) is 21.2. The molecule has 0 aliphatic carbocycles. The van der Waals surface area contributed by atoms with Gasteiger partial charge in [0.2, 0.25) is 11.5 Å². The molecule has 0 spiro atoms. The van der Waals surface area contributed by atoms with E-state index in [1.54, 1.807) is 0 Å². The van der Waals surface area contributed by atoms with Gasteiger partial charge in [-0.1, -0.05) is 168 Å². The van der Waals surface area contributed by atoms with Crippen LogP contribution in [0, 0.1) is 0 Å². The lowest BCUT2D eigenvalue weighted by molar-refractivity contribution is -0.243. The van der Waals surface area contributed by atoms with E-state index in [0.717, 1.165) is 44.9 Å². The molecule has 1 heterocycles. The average Bonchev–Trinajstić information content (AvgIpc) is 3.14. The van der Waals surface area contributed by atoms with E-state index in [9.17, 15) is 24.3 Å². The molecule has 1 aliphatic rings. The number of methoxy groups -OCH3 is 2. The highest BCUT2D eigenvalue weighted by Crippen LogP contribution is 2.48. The Morgan fingerprint density at radius 2 is 0.981 bits per heavy atom. The molecule has 1 aromatic rings. The summed E-state index contributed by atoms with van der Waals surface area (Å²) in [6.07, 6.45) is 29.3. The second-order valence-electron chi connectivity index (χ2n) is 15.0. The molecule has 0 saturated carbocycles. The van der Waals surface area contributed by atoms with Crippen molar-refractivity contribution in [3.63, 3.8) is 0 Å². The third kappa shape index (κ3) is 16.4. The molecule has 0 aromatic heterocycles. The zero-order valence-electron chi connectivity index (χ0n) is 33.8. The molecule has 1 aliphatic heterocycles. The Morgan fingerprint density at radius 1 is 0.604 bits per heavy atom. The third-order valence-electron chi connectivity index (χ3n) is 10.5. The summed E-state index contributed by atoms with van der Waals surface area (Å²) in [6, 6.07) is 1.25. The first-order valence-corrected chi connectivity index (χ1v) is 21.2. The van der Waals surface area contributed by atoms with Gasteiger partial charge in [-0.2, -0.15) is 0 Å². The number of cyclic esters (lactones) is 2. The van der Waals surface area contributed by atoms with Crippen LogP contribution in [-0.2, 0) is 29.6 Å². The van der Waals surface area contributed by atoms with Crippen molar-refractivity contribution in [1.82, 2.24) is 0 Å². The van der Waals surface area contributed by atoms with Crippen LogP contribution >= 0.6 is 0 Å². The number of unbranched alkanes of at least 4 members (excludes halogenated alkanes) is 24. The number of ketones is 2. The van der Waals surface area contributed by atoms with E-state index in [-0.39, 0.29) is 35.5 Å². The van der Waals surface area contributed by atoms with Crippen molar-refractivity contribution >= 4 is 23.5 Å². The van der Waals surface area contributed by atoms with Crippen LogP contribution in [0.4, 0.5) is 0 Å². The predicted octanol–water partition coefficient (Wildman–Crippen LogP) is 11.8. The minimum absolute atomic E-state index is 0.0314. The number of Topliss-reactive ketones (excluding diaryl/α,β-unsaturated/α-hetero) is 2. The van der Waals surface area contributed by atoms with E-state index in [1.165, 1.54) is 129 Å². The van der Waals surface area contributed by atoms with Crippen LogP contribution in [0.15, 0.2) is 6.07 Å². The van der Waals surface area contributed by atoms with Gasteiger partial charge >= 0.3 is 17.7 Å². The molecule has 1 saturated heterocycles. The van der Waals surface area contributed by atoms with E-state index in [0.29, 0.717) is 12.8 Å². The molecule has 9 nitrogen and oxygen atoms in total. The van der Waals surface area contributed by atoms with E-state index in [4.69, 9.17) is 18.9 Å². The number of aromatic hydroxyl groups is 1. The smallest absolute Gasteiger partial charge is 0.344 e. The van der Waals surface area contributed by atoms with Gasteiger partial charge in [-0.05, 0) is 18.9 Å². The van der Waals surface area contributed by atoms with Gasteiger partial charge < -0.3 is 24.1 Å². The molecule has 1 fully saturated rings. The van der Waals surface area contributed by atoms with Crippen LogP contribution in [0.2, 0.25) is 0 Å². The summed E-state index contributed by atoms with van der Waals surface area (Å²) in [7, 11) is 2.61. The number of hydrogen-bond donors (Lipinski definition) is 1. The van der Waals surface area contributed by atoms with Gasteiger partial charge in [0.1, 0.15) is 6.42 Å². The van der Waals surface area contributed by atoms with E-state index < -0.39 is 41.5 Å². The van der Waals surface area contributed by atoms with Gasteiger partial charge in [-0.3, -0.25) is 19.2 Å². The Labute approximate surface area is 320 Å². The normalized spacial score (nSPS) is 13.8. The number of hydrogen-bond acceptors (Lipinski definition) is 9. The summed E-state index contributed by atoms with van der Waals surface area (Å²) in [6.45, 7) is 4.47. The van der Waals surface area contributed by atoms with Crippen LogP contribution in [0.1, 0.15) is 216 Å². The Balaban J connectivity index is 2.04. The lowest BCUT2D eigenvalue weighted by Gasteiger charge is -2.36. The van der Waals surface area contributed by atoms with Crippen LogP contribution in [0.25, 0.3) is 0 Å². The number of carbonyl (C=O) groups excluding carboxylic acids is 4. The summed E-state index contributed by atoms with van der Waals surface area (Å²) >= 11 is 0. The Hall–Kier alpha value is -3.10. The van der Waals surface area contributed by atoms with Gasteiger partial charge in [-0.15, -0.1) is 0 Å². The van der Waals surface area contributed by atoms with Crippen molar-refractivity contribution in [2.45, 2.75) is 206 Å². The molecule has 1 N–H and O–H groups in total. The highest BCUT2D eigenvalue weighted by molar-refractivity contribution is 6.06. The number of ether oxygens (including phenoxy) is 4. The number of esters is 2. The average molecular weight is 745 g/mol. The Morgan fingerprint density at radius 3 is 1.36 bits per heavy atom. The fourth-order valence-electron chi connectivity index (χ4n) is 7.32. The van der Waals surface area contributed by atoms with E-state index in [2.05, 4.69) is 13.8 Å². The minimum atomic E-state index is -2.49. The van der Waals surface area contributed by atoms with Gasteiger partial charge in [-0.25, -0.2) is 0 Å². The molecule has 2 rings (SSSR count). The molecule has 0 unspecified atom stereocenters. The van der Waals surface area contributed by atoms with E-state index in [1.807, 2.05) is 0 Å². The maximum atomic E-state index is 14.0. The summed E-state index contributed by atoms with van der Waals surface area (Å²) in [4.78, 5) is 53.5. The zero-order chi connectivity index (χ0) is 38.7. The van der Waals surface area contributed by atoms with Crippen molar-refractivity contribution in [2.75, 3.05) is 14.2 Å². The Bertz CT molecular complexity index is 1210. The summed E-state index contributed by atoms with van der Waals surface area (Å²) in [5.41, 5.74) is -0.310. The number of rotatable bonds is 33. The fourth-order valence-corrected chi connectivity index (χ4v) is 7.32. The quantitative estimate of drug-likeness (QED) is 0.0324. The van der Waals surface area contributed by atoms with Crippen LogP contribution in [-0.4, -0.2) is 42.8 Å². The molecule has 0 radical (unpaired) electrons. The number of benzene rings is 1. The second kappa shape index (κ2) is 27.5. The summed E-state index contributed by atoms with van der Waals surface area (Å²) in [5.74, 6) is -6.17. The highest BCUT2D eigenvalue weighted by Gasteiger charge is 2.54. The van der Waals surface area contributed by atoms with Gasteiger partial charge in [0, 0.05) is 12.8 Å². The van der Waals surface area contributed by atoms with Crippen molar-refractivity contribution in [1.29, 1.82) is 0 Å². The number of carbonyl (C=O) groups is 4. The molecule has 1 aromatic carbocycles. The van der Waals surface area contributed by atoms with Crippen molar-refractivity contribution < 1.29 is 43.2 Å². The summed E-state index contributed by atoms with van der Waals surface area (Å²) < 4.78 is 22.1.